The molecule has 0 saturated carbocycles. The number of rotatable bonds is 3. The van der Waals surface area contributed by atoms with Gasteiger partial charge >= 0.3 is 0 Å². The largest absolute Gasteiger partial charge is 0.0871 e. The molecule has 0 bridgehead atoms. The molecule has 0 saturated heterocycles. The highest BCUT2D eigenvalue weighted by Crippen LogP contribution is 2.48. The minimum Gasteiger partial charge on any atom is -0.0871 e. The van der Waals surface area contributed by atoms with Crippen LogP contribution < -0.4 is 0 Å². The minimum atomic E-state index is -0.121. The third kappa shape index (κ3) is 6.06. The van der Waals surface area contributed by atoms with E-state index in [1.54, 1.807) is 0 Å². The van der Waals surface area contributed by atoms with Gasteiger partial charge < -0.3 is 0 Å². The summed E-state index contributed by atoms with van der Waals surface area (Å²) in [5.41, 5.74) is 2.68. The summed E-state index contributed by atoms with van der Waals surface area (Å²) in [6.07, 6.45) is 16.3. The predicted octanol–water partition coefficient (Wildman–Crippen LogP) is 8.98. The Balaban J connectivity index is 2.65. The molecule has 27 heavy (non-hydrogen) atoms. The molecule has 2 aliphatic rings. The molecule has 2 rings (SSSR count). The predicted molar refractivity (Wildman–Crippen MR) is 143 cm³/mol. The van der Waals surface area contributed by atoms with Crippen molar-refractivity contribution < 1.29 is 0 Å². The average molecular weight is 756 g/mol. The van der Waals surface area contributed by atoms with Gasteiger partial charge in [-0.15, -0.1) is 0 Å². The van der Waals surface area contributed by atoms with Crippen LogP contribution >= 0.6 is 95.6 Å². The molecular formula is C21H24Br6. The average Bonchev–Trinajstić information content (AvgIpc) is 2.64. The van der Waals surface area contributed by atoms with Crippen LogP contribution in [0.3, 0.4) is 0 Å². The quantitative estimate of drug-likeness (QED) is 0.200. The highest BCUT2D eigenvalue weighted by Gasteiger charge is 2.38. The maximum Gasteiger partial charge on any atom is 0.0492 e. The van der Waals surface area contributed by atoms with Gasteiger partial charge in [0.25, 0.3) is 0 Å². The molecule has 6 heteroatoms. The van der Waals surface area contributed by atoms with Crippen molar-refractivity contribution in [3.8, 4) is 0 Å². The van der Waals surface area contributed by atoms with E-state index in [-0.39, 0.29) is 19.9 Å². The van der Waals surface area contributed by atoms with Crippen LogP contribution in [0.25, 0.3) is 0 Å². The summed E-state index contributed by atoms with van der Waals surface area (Å²) in [6.45, 7) is 6.94. The third-order valence-electron chi connectivity index (χ3n) is 5.37. The Morgan fingerprint density at radius 3 is 2.26 bits per heavy atom. The van der Waals surface area contributed by atoms with Crippen LogP contribution in [0.1, 0.15) is 20.8 Å². The van der Waals surface area contributed by atoms with Crippen LogP contribution in [0.15, 0.2) is 58.2 Å². The molecule has 0 nitrogen and oxygen atoms in total. The molecule has 0 amide bonds. The van der Waals surface area contributed by atoms with Crippen molar-refractivity contribution >= 4 is 95.6 Å². The zero-order valence-electron chi connectivity index (χ0n) is 15.5. The molecule has 0 aromatic carbocycles. The van der Waals surface area contributed by atoms with Crippen molar-refractivity contribution in [2.24, 2.45) is 17.3 Å². The molecule has 0 radical (unpaired) electrons. The third-order valence-corrected chi connectivity index (χ3v) is 12.1. The van der Waals surface area contributed by atoms with Gasteiger partial charge in [0.15, 0.2) is 0 Å². The topological polar surface area (TPSA) is 0 Å². The van der Waals surface area contributed by atoms with Gasteiger partial charge in [-0.1, -0.05) is 159 Å². The zero-order valence-corrected chi connectivity index (χ0v) is 25.0. The first kappa shape index (κ1) is 24.8. The number of hydrogen-bond donors (Lipinski definition) is 0. The monoisotopic (exact) mass is 750 g/mol. The first-order valence-electron chi connectivity index (χ1n) is 8.90. The van der Waals surface area contributed by atoms with Gasteiger partial charge in [-0.3, -0.25) is 0 Å². The molecule has 0 aromatic rings. The number of fused-ring (bicyclic) bond motifs is 1. The van der Waals surface area contributed by atoms with Gasteiger partial charge in [0.1, 0.15) is 0 Å². The summed E-state index contributed by atoms with van der Waals surface area (Å²) in [6, 6.07) is 0. The van der Waals surface area contributed by atoms with Gasteiger partial charge in [-0.05, 0) is 23.0 Å². The van der Waals surface area contributed by atoms with E-state index in [2.05, 4.69) is 159 Å². The number of allylic oxidation sites excluding steroid dienone is 10. The van der Waals surface area contributed by atoms with E-state index in [0.717, 1.165) is 5.33 Å². The summed E-state index contributed by atoms with van der Waals surface area (Å²) in [7, 11) is 0. The first-order valence-corrected chi connectivity index (χ1v) is 14.5. The van der Waals surface area contributed by atoms with E-state index in [0.29, 0.717) is 16.7 Å². The van der Waals surface area contributed by atoms with E-state index < -0.39 is 0 Å². The van der Waals surface area contributed by atoms with Crippen LogP contribution in [-0.4, -0.2) is 24.6 Å². The second-order valence-corrected chi connectivity index (χ2v) is 13.1. The molecule has 0 aliphatic heterocycles. The maximum atomic E-state index is 3.84. The smallest absolute Gasteiger partial charge is 0.0492 e. The number of hydrogen-bond acceptors (Lipinski definition) is 0. The van der Waals surface area contributed by atoms with Crippen molar-refractivity contribution in [1.82, 2.24) is 0 Å². The van der Waals surface area contributed by atoms with Crippen molar-refractivity contribution in [2.75, 3.05) is 5.33 Å². The lowest BCUT2D eigenvalue weighted by Crippen LogP contribution is -2.32. The van der Waals surface area contributed by atoms with Gasteiger partial charge in [0, 0.05) is 34.5 Å². The maximum absolute atomic E-state index is 3.84. The van der Waals surface area contributed by atoms with Crippen LogP contribution in [0.4, 0.5) is 0 Å². The van der Waals surface area contributed by atoms with E-state index in [1.807, 2.05) is 0 Å². The summed E-state index contributed by atoms with van der Waals surface area (Å²) < 4.78 is 1.18. The minimum absolute atomic E-state index is 0.121. The molecule has 0 aromatic heterocycles. The lowest BCUT2D eigenvalue weighted by atomic mass is 9.65. The van der Waals surface area contributed by atoms with Crippen LogP contribution in [0.5, 0.6) is 0 Å². The van der Waals surface area contributed by atoms with Crippen LogP contribution in [0.2, 0.25) is 0 Å². The molecule has 0 fully saturated rings. The molecule has 0 heterocycles. The highest BCUT2D eigenvalue weighted by atomic mass is 79.9. The lowest BCUT2D eigenvalue weighted by molar-refractivity contribution is 0.392. The Bertz CT molecular complexity index is 685. The molecule has 7 unspecified atom stereocenters. The Kier molecular flexibility index (Phi) is 9.89. The molecular weight excluding hydrogens is 732 g/mol. The zero-order chi connectivity index (χ0) is 20.4. The van der Waals surface area contributed by atoms with Gasteiger partial charge in [-0.25, -0.2) is 0 Å². The fraction of sp³-hybridized carbons (Fsp3) is 0.524. The molecule has 150 valence electrons. The molecule has 7 atom stereocenters. The Morgan fingerprint density at radius 1 is 1.04 bits per heavy atom. The summed E-state index contributed by atoms with van der Waals surface area (Å²) >= 11 is 22.5. The van der Waals surface area contributed by atoms with Gasteiger partial charge in [0.05, 0.1) is 0 Å². The highest BCUT2D eigenvalue weighted by molar-refractivity contribution is 9.14. The van der Waals surface area contributed by atoms with E-state index in [9.17, 15) is 0 Å². The lowest BCUT2D eigenvalue weighted by Gasteiger charge is -2.40. The van der Waals surface area contributed by atoms with E-state index in [4.69, 9.17) is 0 Å². The van der Waals surface area contributed by atoms with Crippen molar-refractivity contribution in [3.63, 3.8) is 0 Å². The van der Waals surface area contributed by atoms with Gasteiger partial charge in [-0.2, -0.15) is 0 Å². The molecule has 0 N–H and O–H groups in total. The van der Waals surface area contributed by atoms with E-state index >= 15 is 0 Å². The normalized spacial score (nSPS) is 41.1. The Morgan fingerprint density at radius 2 is 1.63 bits per heavy atom. The first-order chi connectivity index (χ1) is 12.6. The molecule has 0 spiro atoms. The molecule has 2 aliphatic carbocycles. The second kappa shape index (κ2) is 10.7. The summed E-state index contributed by atoms with van der Waals surface area (Å²) in [5.74, 6) is 0.670. The van der Waals surface area contributed by atoms with Crippen molar-refractivity contribution in [3.05, 3.63) is 58.2 Å². The number of alkyl halides is 5. The Hall–Kier alpha value is 1.58. The summed E-state index contributed by atoms with van der Waals surface area (Å²) in [4.78, 5) is 1.09. The fourth-order valence-electron chi connectivity index (χ4n) is 3.44. The van der Waals surface area contributed by atoms with E-state index in [1.165, 1.54) is 15.6 Å². The standard InChI is InChI=1S/C21H24Br6/c1-12-4-5-17(24)18(25)6-7-21(3,13(2)8-14(23)11-22)16-10-20(27)19(26)9-15(12)16/h4-10,12-13,17-20H,11H2,1-3H3/b5-4+,7-6+,14-8?. The van der Waals surface area contributed by atoms with Crippen molar-refractivity contribution in [2.45, 2.75) is 40.1 Å². The Labute approximate surface area is 214 Å². The van der Waals surface area contributed by atoms with Gasteiger partial charge in [0.2, 0.25) is 0 Å². The van der Waals surface area contributed by atoms with Crippen LogP contribution in [0, 0.1) is 17.3 Å². The second-order valence-electron chi connectivity index (χ2n) is 7.33. The van der Waals surface area contributed by atoms with Crippen LogP contribution in [-0.2, 0) is 0 Å². The van der Waals surface area contributed by atoms with Crippen molar-refractivity contribution in [1.29, 1.82) is 0 Å². The number of halogens is 6. The SMILES string of the molecule is CC1/C=C/C(Br)C(Br)/C=C/C(C)(C(C)C=C(Br)CBr)C2=CC(Br)C(Br)C=C21. The fourth-order valence-corrected chi connectivity index (χ4v) is 5.56. The summed E-state index contributed by atoms with van der Waals surface area (Å²) in [5, 5.41) is 0.826.